The Hall–Kier alpha value is -0.530. The van der Waals surface area contributed by atoms with Gasteiger partial charge in [0.15, 0.2) is 0 Å². The maximum Gasteiger partial charge on any atom is 0.0445 e. The molecular formula is C21H41O2-. The van der Waals surface area contributed by atoms with Crippen LogP contribution in [0.4, 0.5) is 0 Å². The predicted octanol–water partition coefficient (Wildman–Crippen LogP) is 6.02. The van der Waals surface area contributed by atoms with Gasteiger partial charge in [-0.2, -0.15) is 0 Å². The lowest BCUT2D eigenvalue weighted by Gasteiger charge is -2.17. The van der Waals surface area contributed by atoms with Crippen molar-refractivity contribution in [1.29, 1.82) is 0 Å². The average Bonchev–Trinajstić information content (AvgIpc) is 2.54. The normalized spacial score (nSPS) is 12.4. The van der Waals surface area contributed by atoms with Crippen molar-refractivity contribution in [3.05, 3.63) is 0 Å². The summed E-state index contributed by atoms with van der Waals surface area (Å²) < 4.78 is 0. The first-order chi connectivity index (χ1) is 11.2. The zero-order valence-corrected chi connectivity index (χ0v) is 15.9. The predicted molar refractivity (Wildman–Crippen MR) is 98.3 cm³/mol. The summed E-state index contributed by atoms with van der Waals surface area (Å²) in [5, 5.41) is 11.1. The molecule has 0 aromatic rings. The number of carboxylic acids is 1. The molecule has 0 N–H and O–H groups in total. The second-order valence-electron chi connectivity index (χ2n) is 7.19. The number of hydrogen-bond acceptors (Lipinski definition) is 2. The molecule has 2 heteroatoms. The summed E-state index contributed by atoms with van der Waals surface area (Å²) in [6, 6.07) is 0. The number of carbonyl (C=O) groups excluding carboxylic acids is 1. The Bertz CT molecular complexity index is 250. The molecule has 0 spiro atoms. The molecule has 0 rings (SSSR count). The zero-order valence-electron chi connectivity index (χ0n) is 15.9. The van der Waals surface area contributed by atoms with Gasteiger partial charge in [-0.15, -0.1) is 0 Å². The molecule has 0 aliphatic carbocycles. The molecule has 0 aliphatic rings. The zero-order chi connectivity index (χ0) is 17.2. The van der Waals surface area contributed by atoms with Crippen molar-refractivity contribution in [2.24, 2.45) is 5.92 Å². The molecule has 0 fully saturated rings. The Labute approximate surface area is 145 Å². The molecular weight excluding hydrogens is 284 g/mol. The van der Waals surface area contributed by atoms with E-state index < -0.39 is 5.97 Å². The van der Waals surface area contributed by atoms with Gasteiger partial charge in [0.25, 0.3) is 0 Å². The topological polar surface area (TPSA) is 40.1 Å². The van der Waals surface area contributed by atoms with Crippen molar-refractivity contribution in [2.45, 2.75) is 123 Å². The summed E-state index contributed by atoms with van der Waals surface area (Å²) in [5.74, 6) is -1.03. The number of carbonyl (C=O) groups is 1. The monoisotopic (exact) mass is 325 g/mol. The Kier molecular flexibility index (Phi) is 17.4. The van der Waals surface area contributed by atoms with E-state index in [1.165, 1.54) is 70.6 Å². The Balaban J connectivity index is 3.34. The molecule has 0 saturated carbocycles. The molecule has 1 atom stereocenters. The van der Waals surface area contributed by atoms with Gasteiger partial charge in [-0.25, -0.2) is 0 Å². The average molecular weight is 326 g/mol. The summed E-state index contributed by atoms with van der Waals surface area (Å²) in [6.07, 6.45) is 20.9. The maximum atomic E-state index is 11.1. The van der Waals surface area contributed by atoms with Crippen LogP contribution < -0.4 is 5.11 Å². The Morgan fingerprint density at radius 1 is 0.609 bits per heavy atom. The van der Waals surface area contributed by atoms with E-state index in [1.54, 1.807) is 0 Å². The van der Waals surface area contributed by atoms with E-state index in [1.807, 2.05) is 0 Å². The Morgan fingerprint density at radius 3 is 1.30 bits per heavy atom. The number of rotatable bonds is 18. The van der Waals surface area contributed by atoms with E-state index in [9.17, 15) is 9.90 Å². The van der Waals surface area contributed by atoms with Gasteiger partial charge < -0.3 is 9.90 Å². The molecule has 0 aliphatic heterocycles. The Morgan fingerprint density at radius 2 is 0.913 bits per heavy atom. The molecule has 2 nitrogen and oxygen atoms in total. The lowest BCUT2D eigenvalue weighted by Crippen LogP contribution is -2.31. The van der Waals surface area contributed by atoms with Gasteiger partial charge in [0, 0.05) is 5.97 Å². The van der Waals surface area contributed by atoms with Crippen LogP contribution in [0.1, 0.15) is 123 Å². The number of carboxylic acid groups (broad SMARTS) is 1. The van der Waals surface area contributed by atoms with Gasteiger partial charge in [-0.1, -0.05) is 110 Å². The largest absolute Gasteiger partial charge is 0.550 e. The molecule has 0 aromatic carbocycles. The summed E-state index contributed by atoms with van der Waals surface area (Å²) in [4.78, 5) is 11.1. The van der Waals surface area contributed by atoms with Crippen LogP contribution in [-0.4, -0.2) is 5.97 Å². The first kappa shape index (κ1) is 22.5. The standard InChI is InChI=1S/C21H42O2/c1-3-5-7-8-9-10-11-12-13-14-15-17-19-20(21(22)23)18-16-6-4-2/h20H,3-19H2,1-2H3,(H,22,23)/p-1. The van der Waals surface area contributed by atoms with Crippen LogP contribution in [0, 0.1) is 5.92 Å². The van der Waals surface area contributed by atoms with Gasteiger partial charge in [-0.3, -0.25) is 0 Å². The number of unbranched alkanes of at least 4 members (excludes halogenated alkanes) is 13. The van der Waals surface area contributed by atoms with Crippen LogP contribution >= 0.6 is 0 Å². The van der Waals surface area contributed by atoms with E-state index >= 15 is 0 Å². The van der Waals surface area contributed by atoms with Crippen molar-refractivity contribution < 1.29 is 9.90 Å². The van der Waals surface area contributed by atoms with Crippen LogP contribution in [0.5, 0.6) is 0 Å². The molecule has 0 bridgehead atoms. The lowest BCUT2D eigenvalue weighted by atomic mass is 9.94. The van der Waals surface area contributed by atoms with E-state index in [0.717, 1.165) is 38.5 Å². The highest BCUT2D eigenvalue weighted by atomic mass is 16.4. The highest BCUT2D eigenvalue weighted by Crippen LogP contribution is 2.18. The van der Waals surface area contributed by atoms with Crippen LogP contribution in [0.3, 0.4) is 0 Å². The van der Waals surface area contributed by atoms with E-state index in [4.69, 9.17) is 0 Å². The highest BCUT2D eigenvalue weighted by molar-refractivity contribution is 5.67. The SMILES string of the molecule is CCCCCCCCCCCCCCC(CCCCC)C(=O)[O-]. The number of hydrogen-bond donors (Lipinski definition) is 0. The fourth-order valence-corrected chi connectivity index (χ4v) is 3.25. The fourth-order valence-electron chi connectivity index (χ4n) is 3.25. The maximum absolute atomic E-state index is 11.1. The smallest absolute Gasteiger partial charge is 0.0445 e. The van der Waals surface area contributed by atoms with Gasteiger partial charge in [-0.05, 0) is 18.8 Å². The van der Waals surface area contributed by atoms with Crippen molar-refractivity contribution in [3.63, 3.8) is 0 Å². The minimum Gasteiger partial charge on any atom is -0.550 e. The quantitative estimate of drug-likeness (QED) is 0.289. The molecule has 0 radical (unpaired) electrons. The molecule has 0 saturated heterocycles. The summed E-state index contributed by atoms with van der Waals surface area (Å²) in [7, 11) is 0. The van der Waals surface area contributed by atoms with Gasteiger partial charge in [0.05, 0.1) is 0 Å². The minimum atomic E-state index is -0.829. The van der Waals surface area contributed by atoms with Crippen molar-refractivity contribution in [2.75, 3.05) is 0 Å². The molecule has 138 valence electrons. The third kappa shape index (κ3) is 16.1. The van der Waals surface area contributed by atoms with Crippen LogP contribution in [0.25, 0.3) is 0 Å². The molecule has 0 aromatic heterocycles. The van der Waals surface area contributed by atoms with Gasteiger partial charge >= 0.3 is 0 Å². The third-order valence-electron chi connectivity index (χ3n) is 4.90. The van der Waals surface area contributed by atoms with E-state index in [2.05, 4.69) is 13.8 Å². The highest BCUT2D eigenvalue weighted by Gasteiger charge is 2.09. The van der Waals surface area contributed by atoms with Gasteiger partial charge in [0.1, 0.15) is 0 Å². The van der Waals surface area contributed by atoms with Gasteiger partial charge in [0.2, 0.25) is 0 Å². The minimum absolute atomic E-state index is 0.204. The van der Waals surface area contributed by atoms with E-state index in [0.29, 0.717) is 0 Å². The summed E-state index contributed by atoms with van der Waals surface area (Å²) in [5.41, 5.74) is 0. The van der Waals surface area contributed by atoms with Crippen LogP contribution in [0.15, 0.2) is 0 Å². The second kappa shape index (κ2) is 17.8. The van der Waals surface area contributed by atoms with Crippen LogP contribution in [0.2, 0.25) is 0 Å². The molecule has 0 amide bonds. The lowest BCUT2D eigenvalue weighted by molar-refractivity contribution is -0.312. The first-order valence-electron chi connectivity index (χ1n) is 10.4. The summed E-state index contributed by atoms with van der Waals surface area (Å²) in [6.45, 7) is 4.42. The van der Waals surface area contributed by atoms with Crippen molar-refractivity contribution in [3.8, 4) is 0 Å². The molecule has 23 heavy (non-hydrogen) atoms. The number of aliphatic carboxylic acids is 1. The molecule has 1 unspecified atom stereocenters. The first-order valence-corrected chi connectivity index (χ1v) is 10.4. The molecule has 0 heterocycles. The van der Waals surface area contributed by atoms with E-state index in [-0.39, 0.29) is 5.92 Å². The van der Waals surface area contributed by atoms with Crippen molar-refractivity contribution in [1.82, 2.24) is 0 Å². The summed E-state index contributed by atoms with van der Waals surface area (Å²) >= 11 is 0. The second-order valence-corrected chi connectivity index (χ2v) is 7.19. The third-order valence-corrected chi connectivity index (χ3v) is 4.90. The van der Waals surface area contributed by atoms with Crippen molar-refractivity contribution >= 4 is 5.97 Å². The fraction of sp³-hybridized carbons (Fsp3) is 0.952. The van der Waals surface area contributed by atoms with Crippen LogP contribution in [-0.2, 0) is 4.79 Å².